The van der Waals surface area contributed by atoms with Crippen LogP contribution >= 0.6 is 0 Å². The Hall–Kier alpha value is -2.76. The zero-order valence-corrected chi connectivity index (χ0v) is 10.5. The van der Waals surface area contributed by atoms with Crippen LogP contribution in [0.5, 0.6) is 17.4 Å². The molecule has 0 atom stereocenters. The lowest BCUT2D eigenvalue weighted by Crippen LogP contribution is -2.10. The van der Waals surface area contributed by atoms with Gasteiger partial charge < -0.3 is 19.7 Å². The van der Waals surface area contributed by atoms with Crippen LogP contribution in [0.25, 0.3) is 0 Å². The number of carbonyl (C=O) groups is 1. The summed E-state index contributed by atoms with van der Waals surface area (Å²) in [6.45, 7) is 0.515. The van der Waals surface area contributed by atoms with Gasteiger partial charge in [0.1, 0.15) is 24.7 Å². The highest BCUT2D eigenvalue weighted by atomic mass is 16.5. The van der Waals surface area contributed by atoms with E-state index in [0.717, 1.165) is 5.75 Å². The summed E-state index contributed by atoms with van der Waals surface area (Å²) in [5, 5.41) is 18.1. The number of aromatic carboxylic acids is 1. The van der Waals surface area contributed by atoms with Crippen molar-refractivity contribution in [1.29, 1.82) is 0 Å². The summed E-state index contributed by atoms with van der Waals surface area (Å²) in [4.78, 5) is 14.5. The van der Waals surface area contributed by atoms with Gasteiger partial charge in [0.15, 0.2) is 5.69 Å². The minimum atomic E-state index is -1.31. The Labute approximate surface area is 115 Å². The van der Waals surface area contributed by atoms with Crippen LogP contribution in [0.15, 0.2) is 42.5 Å². The van der Waals surface area contributed by atoms with Crippen molar-refractivity contribution in [2.24, 2.45) is 0 Å². The van der Waals surface area contributed by atoms with E-state index in [4.69, 9.17) is 14.6 Å². The number of benzene rings is 1. The Morgan fingerprint density at radius 3 is 2.45 bits per heavy atom. The lowest BCUT2D eigenvalue weighted by molar-refractivity contribution is 0.0685. The lowest BCUT2D eigenvalue weighted by atomic mass is 10.3. The van der Waals surface area contributed by atoms with Gasteiger partial charge in [0.25, 0.3) is 0 Å². The summed E-state index contributed by atoms with van der Waals surface area (Å²) in [7, 11) is 0. The fraction of sp³-hybridized carbons (Fsp3) is 0.143. The van der Waals surface area contributed by atoms with Gasteiger partial charge in [-0.2, -0.15) is 0 Å². The van der Waals surface area contributed by atoms with Crippen LogP contribution in [-0.2, 0) is 0 Å². The minimum absolute atomic E-state index is 0.122. The summed E-state index contributed by atoms with van der Waals surface area (Å²) in [5.41, 5.74) is -0.438. The number of pyridine rings is 1. The molecule has 0 aliphatic heterocycles. The molecule has 0 bridgehead atoms. The van der Waals surface area contributed by atoms with E-state index in [0.29, 0.717) is 6.61 Å². The van der Waals surface area contributed by atoms with E-state index < -0.39 is 17.4 Å². The Balaban J connectivity index is 1.85. The number of hydrogen-bond acceptors (Lipinski definition) is 5. The van der Waals surface area contributed by atoms with Crippen LogP contribution in [0.4, 0.5) is 0 Å². The summed E-state index contributed by atoms with van der Waals surface area (Å²) in [6, 6.07) is 11.9. The molecule has 2 aromatic rings. The second kappa shape index (κ2) is 6.42. The van der Waals surface area contributed by atoms with Crippen molar-refractivity contribution >= 4 is 5.97 Å². The molecule has 6 heteroatoms. The molecule has 2 N–H and O–H groups in total. The third-order valence-electron chi connectivity index (χ3n) is 2.40. The molecule has 0 fully saturated rings. The number of hydrogen-bond donors (Lipinski definition) is 2. The maximum Gasteiger partial charge on any atom is 0.358 e. The molecule has 104 valence electrons. The predicted octanol–water partition coefficient (Wildman–Crippen LogP) is 1.94. The topological polar surface area (TPSA) is 88.9 Å². The van der Waals surface area contributed by atoms with Gasteiger partial charge in [-0.05, 0) is 18.2 Å². The molecule has 0 aliphatic carbocycles. The largest absolute Gasteiger partial charge is 0.505 e. The zero-order valence-electron chi connectivity index (χ0n) is 10.5. The van der Waals surface area contributed by atoms with Gasteiger partial charge in [-0.15, -0.1) is 0 Å². The first-order valence-electron chi connectivity index (χ1n) is 5.91. The van der Waals surface area contributed by atoms with Crippen molar-refractivity contribution in [1.82, 2.24) is 4.98 Å². The van der Waals surface area contributed by atoms with Gasteiger partial charge in [0.05, 0.1) is 0 Å². The van der Waals surface area contributed by atoms with Gasteiger partial charge >= 0.3 is 5.97 Å². The van der Waals surface area contributed by atoms with Crippen molar-refractivity contribution < 1.29 is 24.5 Å². The van der Waals surface area contributed by atoms with E-state index in [1.165, 1.54) is 12.1 Å². The SMILES string of the molecule is O=C(O)c1nc(OCCOc2ccccc2)ccc1O. The molecule has 0 unspecified atom stereocenters. The molecule has 0 spiro atoms. The van der Waals surface area contributed by atoms with Gasteiger partial charge in [-0.1, -0.05) is 18.2 Å². The Morgan fingerprint density at radius 1 is 1.05 bits per heavy atom. The van der Waals surface area contributed by atoms with Crippen LogP contribution in [0.2, 0.25) is 0 Å². The van der Waals surface area contributed by atoms with Gasteiger partial charge in [0.2, 0.25) is 5.88 Å². The molecule has 1 heterocycles. The smallest absolute Gasteiger partial charge is 0.358 e. The van der Waals surface area contributed by atoms with E-state index in [1.54, 1.807) is 0 Å². The molecule has 0 saturated carbocycles. The highest BCUT2D eigenvalue weighted by molar-refractivity contribution is 5.88. The third kappa shape index (κ3) is 3.61. The predicted molar refractivity (Wildman–Crippen MR) is 70.3 cm³/mol. The molecule has 1 aromatic carbocycles. The van der Waals surface area contributed by atoms with Gasteiger partial charge in [0, 0.05) is 6.07 Å². The second-order valence-corrected chi connectivity index (χ2v) is 3.83. The minimum Gasteiger partial charge on any atom is -0.505 e. The standard InChI is InChI=1S/C14H13NO5/c16-11-6-7-12(15-13(11)14(17)18)20-9-8-19-10-4-2-1-3-5-10/h1-7,16H,8-9H2,(H,17,18). The normalized spacial score (nSPS) is 10.0. The molecular formula is C14H13NO5. The van der Waals surface area contributed by atoms with Crippen LogP contribution in [0.1, 0.15) is 10.5 Å². The second-order valence-electron chi connectivity index (χ2n) is 3.83. The highest BCUT2D eigenvalue weighted by Gasteiger charge is 2.12. The number of rotatable bonds is 6. The van der Waals surface area contributed by atoms with Crippen molar-refractivity contribution in [3.63, 3.8) is 0 Å². The first-order chi connectivity index (χ1) is 9.66. The van der Waals surface area contributed by atoms with Gasteiger partial charge in [-0.3, -0.25) is 0 Å². The maximum absolute atomic E-state index is 10.8. The summed E-state index contributed by atoms with van der Waals surface area (Å²) in [5.74, 6) is -0.864. The Kier molecular flexibility index (Phi) is 4.39. The first-order valence-corrected chi connectivity index (χ1v) is 5.91. The van der Waals surface area contributed by atoms with Crippen molar-refractivity contribution in [2.45, 2.75) is 0 Å². The van der Waals surface area contributed by atoms with Crippen LogP contribution in [-0.4, -0.2) is 34.4 Å². The Bertz CT molecular complexity index is 585. The van der Waals surface area contributed by atoms with Crippen molar-refractivity contribution in [3.8, 4) is 17.4 Å². The molecule has 20 heavy (non-hydrogen) atoms. The van der Waals surface area contributed by atoms with E-state index >= 15 is 0 Å². The van der Waals surface area contributed by atoms with E-state index in [2.05, 4.69) is 4.98 Å². The molecule has 0 radical (unpaired) electrons. The number of aromatic nitrogens is 1. The number of aromatic hydroxyl groups is 1. The fourth-order valence-corrected chi connectivity index (χ4v) is 1.49. The molecular weight excluding hydrogens is 262 g/mol. The number of ether oxygens (including phenoxy) is 2. The van der Waals surface area contributed by atoms with E-state index in [1.807, 2.05) is 30.3 Å². The molecule has 6 nitrogen and oxygen atoms in total. The fourth-order valence-electron chi connectivity index (χ4n) is 1.49. The molecule has 0 aliphatic rings. The zero-order chi connectivity index (χ0) is 14.4. The van der Waals surface area contributed by atoms with Crippen LogP contribution in [0, 0.1) is 0 Å². The maximum atomic E-state index is 10.8. The van der Waals surface area contributed by atoms with E-state index in [9.17, 15) is 9.90 Å². The molecule has 0 saturated heterocycles. The average Bonchev–Trinajstić information content (AvgIpc) is 2.46. The molecule has 2 rings (SSSR count). The van der Waals surface area contributed by atoms with Crippen LogP contribution in [0.3, 0.4) is 0 Å². The van der Waals surface area contributed by atoms with Gasteiger partial charge in [-0.25, -0.2) is 9.78 Å². The Morgan fingerprint density at radius 2 is 1.75 bits per heavy atom. The third-order valence-corrected chi connectivity index (χ3v) is 2.40. The quantitative estimate of drug-likeness (QED) is 0.783. The highest BCUT2D eigenvalue weighted by Crippen LogP contribution is 2.18. The van der Waals surface area contributed by atoms with E-state index in [-0.39, 0.29) is 12.5 Å². The number of carboxylic acids is 1. The van der Waals surface area contributed by atoms with Crippen molar-refractivity contribution in [2.75, 3.05) is 13.2 Å². The molecule has 1 aromatic heterocycles. The van der Waals surface area contributed by atoms with Crippen molar-refractivity contribution in [3.05, 3.63) is 48.2 Å². The molecule has 0 amide bonds. The summed E-state index contributed by atoms with van der Waals surface area (Å²) < 4.78 is 10.7. The van der Waals surface area contributed by atoms with Crippen LogP contribution < -0.4 is 9.47 Å². The number of para-hydroxylation sites is 1. The monoisotopic (exact) mass is 275 g/mol. The lowest BCUT2D eigenvalue weighted by Gasteiger charge is -2.08. The first kappa shape index (κ1) is 13.7. The summed E-state index contributed by atoms with van der Waals surface area (Å²) in [6.07, 6.45) is 0. The average molecular weight is 275 g/mol. The number of carboxylic acid groups (broad SMARTS) is 1. The number of nitrogens with zero attached hydrogens (tertiary/aromatic N) is 1. The summed E-state index contributed by atoms with van der Waals surface area (Å²) >= 11 is 0.